The van der Waals surface area contributed by atoms with Crippen molar-refractivity contribution in [3.8, 4) is 0 Å². The van der Waals surface area contributed by atoms with Gasteiger partial charge in [0.1, 0.15) is 0 Å². The predicted molar refractivity (Wildman–Crippen MR) is 63.1 cm³/mol. The first-order valence-electron chi connectivity index (χ1n) is 5.37. The van der Waals surface area contributed by atoms with Crippen LogP contribution in [-0.4, -0.2) is 20.0 Å². The quantitative estimate of drug-likeness (QED) is 0.699. The van der Waals surface area contributed by atoms with Gasteiger partial charge in [-0.15, -0.1) is 0 Å². The van der Waals surface area contributed by atoms with Crippen LogP contribution in [-0.2, 0) is 4.79 Å². The minimum absolute atomic E-state index is 0.100. The van der Waals surface area contributed by atoms with Crippen molar-refractivity contribution in [3.05, 3.63) is 11.6 Å². The molecule has 1 heterocycles. The molecule has 0 aromatic heterocycles. The molecule has 0 saturated carbocycles. The third kappa shape index (κ3) is 4.09. The number of amides is 1. The molecule has 1 aliphatic rings. The van der Waals surface area contributed by atoms with Gasteiger partial charge in [0.25, 0.3) is 0 Å². The maximum atomic E-state index is 11.4. The van der Waals surface area contributed by atoms with E-state index in [1.165, 1.54) is 5.57 Å². The fourth-order valence-electron chi connectivity index (χ4n) is 1.84. The number of carbonyl (C=O) groups is 1. The van der Waals surface area contributed by atoms with E-state index < -0.39 is 8.07 Å². The smallest absolute Gasteiger partial charge is 0.244 e. The van der Waals surface area contributed by atoms with Crippen LogP contribution in [0.1, 0.15) is 19.8 Å². The van der Waals surface area contributed by atoms with Crippen LogP contribution in [0.2, 0.25) is 25.7 Å². The molecule has 1 amide bonds. The number of nitrogens with one attached hydrogen (secondary N) is 1. The highest BCUT2D eigenvalue weighted by Crippen LogP contribution is 2.22. The maximum Gasteiger partial charge on any atom is 0.244 e. The molecular formula is C11H21NOSi. The average molecular weight is 211 g/mol. The first kappa shape index (κ1) is 11.5. The van der Waals surface area contributed by atoms with Crippen LogP contribution in [0, 0.1) is 0 Å². The Hall–Kier alpha value is -0.573. The van der Waals surface area contributed by atoms with E-state index in [4.69, 9.17) is 0 Å². The molecule has 1 N–H and O–H groups in total. The highest BCUT2D eigenvalue weighted by Gasteiger charge is 2.19. The minimum atomic E-state index is -1.07. The molecule has 1 unspecified atom stereocenters. The zero-order chi connectivity index (χ0) is 10.8. The van der Waals surface area contributed by atoms with Gasteiger partial charge in [0.15, 0.2) is 0 Å². The molecule has 1 rings (SSSR count). The number of carbonyl (C=O) groups excluding carboxylic acids is 1. The van der Waals surface area contributed by atoms with Crippen molar-refractivity contribution in [3.63, 3.8) is 0 Å². The van der Waals surface area contributed by atoms with Crippen LogP contribution in [0.25, 0.3) is 0 Å². The largest absolute Gasteiger partial charge is 0.350 e. The van der Waals surface area contributed by atoms with E-state index in [-0.39, 0.29) is 5.91 Å². The third-order valence-corrected chi connectivity index (χ3v) is 3.89. The number of allylic oxidation sites excluding steroid dienone is 1. The Morgan fingerprint density at radius 1 is 1.50 bits per heavy atom. The fourth-order valence-corrected chi connectivity index (χ4v) is 3.48. The fraction of sp³-hybridized carbons (Fsp3) is 0.727. The SMILES string of the molecule is CC1CCC(C[Si](C)(C)C)=CC(=O)N1. The van der Waals surface area contributed by atoms with Gasteiger partial charge < -0.3 is 5.32 Å². The topological polar surface area (TPSA) is 29.1 Å². The Bertz CT molecular complexity index is 253. The standard InChI is InChI=1S/C11H21NOSi/c1-9-5-6-10(7-11(13)12-9)8-14(2,3)4/h7,9H,5-6,8H2,1-4H3,(H,12,13). The average Bonchev–Trinajstić information content (AvgIpc) is 2.08. The van der Waals surface area contributed by atoms with E-state index in [0.29, 0.717) is 6.04 Å². The zero-order valence-corrected chi connectivity index (χ0v) is 10.7. The van der Waals surface area contributed by atoms with Crippen LogP contribution in [0.3, 0.4) is 0 Å². The van der Waals surface area contributed by atoms with Crippen molar-refractivity contribution in [2.45, 2.75) is 51.5 Å². The van der Waals surface area contributed by atoms with E-state index in [1.54, 1.807) is 0 Å². The minimum Gasteiger partial charge on any atom is -0.350 e. The summed E-state index contributed by atoms with van der Waals surface area (Å²) < 4.78 is 0. The molecule has 0 fully saturated rings. The molecule has 0 saturated heterocycles. The molecule has 0 bridgehead atoms. The van der Waals surface area contributed by atoms with Crippen molar-refractivity contribution in [1.29, 1.82) is 0 Å². The first-order valence-corrected chi connectivity index (χ1v) is 9.07. The van der Waals surface area contributed by atoms with Crippen molar-refractivity contribution >= 4 is 14.0 Å². The summed E-state index contributed by atoms with van der Waals surface area (Å²) in [6.07, 6.45) is 3.99. The highest BCUT2D eigenvalue weighted by molar-refractivity contribution is 6.76. The summed E-state index contributed by atoms with van der Waals surface area (Å²) in [6.45, 7) is 9.11. The molecule has 0 radical (unpaired) electrons. The van der Waals surface area contributed by atoms with Gasteiger partial charge in [-0.1, -0.05) is 25.2 Å². The molecule has 0 aromatic carbocycles. The van der Waals surface area contributed by atoms with Crippen molar-refractivity contribution in [1.82, 2.24) is 5.32 Å². The van der Waals surface area contributed by atoms with Gasteiger partial charge in [0.2, 0.25) is 5.91 Å². The number of hydrogen-bond acceptors (Lipinski definition) is 1. The third-order valence-electron chi connectivity index (χ3n) is 2.38. The van der Waals surface area contributed by atoms with Crippen LogP contribution in [0.15, 0.2) is 11.6 Å². The van der Waals surface area contributed by atoms with Gasteiger partial charge in [-0.3, -0.25) is 4.79 Å². The Morgan fingerprint density at radius 2 is 2.14 bits per heavy atom. The Morgan fingerprint density at radius 3 is 2.71 bits per heavy atom. The van der Waals surface area contributed by atoms with Crippen molar-refractivity contribution < 1.29 is 4.79 Å². The van der Waals surface area contributed by atoms with Crippen LogP contribution in [0.4, 0.5) is 0 Å². The summed E-state index contributed by atoms with van der Waals surface area (Å²) in [7, 11) is -1.07. The van der Waals surface area contributed by atoms with Gasteiger partial charge in [-0.2, -0.15) is 0 Å². The summed E-state index contributed by atoms with van der Waals surface area (Å²) in [5.41, 5.74) is 1.35. The van der Waals surface area contributed by atoms with E-state index in [1.807, 2.05) is 6.08 Å². The molecule has 0 aromatic rings. The predicted octanol–water partition coefficient (Wildman–Crippen LogP) is 2.55. The molecule has 1 aliphatic heterocycles. The van der Waals surface area contributed by atoms with Crippen LogP contribution in [0.5, 0.6) is 0 Å². The summed E-state index contributed by atoms with van der Waals surface area (Å²) in [5, 5.41) is 2.96. The van der Waals surface area contributed by atoms with Gasteiger partial charge in [0, 0.05) is 20.2 Å². The monoisotopic (exact) mass is 211 g/mol. The second-order valence-corrected chi connectivity index (χ2v) is 11.0. The summed E-state index contributed by atoms with van der Waals surface area (Å²) in [5.74, 6) is 0.100. The van der Waals surface area contributed by atoms with E-state index in [2.05, 4.69) is 31.9 Å². The van der Waals surface area contributed by atoms with E-state index >= 15 is 0 Å². The Labute approximate surface area is 87.8 Å². The van der Waals surface area contributed by atoms with E-state index in [9.17, 15) is 4.79 Å². The normalized spacial score (nSPS) is 23.9. The Balaban J connectivity index is 2.65. The van der Waals surface area contributed by atoms with Gasteiger partial charge in [-0.05, 0) is 25.8 Å². The molecule has 80 valence electrons. The van der Waals surface area contributed by atoms with Gasteiger partial charge in [-0.25, -0.2) is 0 Å². The molecule has 1 atom stereocenters. The van der Waals surface area contributed by atoms with Crippen molar-refractivity contribution in [2.24, 2.45) is 0 Å². The van der Waals surface area contributed by atoms with E-state index in [0.717, 1.165) is 18.9 Å². The lowest BCUT2D eigenvalue weighted by Crippen LogP contribution is -2.29. The summed E-state index contributed by atoms with van der Waals surface area (Å²) in [6, 6.07) is 1.49. The second kappa shape index (κ2) is 4.30. The summed E-state index contributed by atoms with van der Waals surface area (Å²) >= 11 is 0. The molecule has 3 heteroatoms. The lowest BCUT2D eigenvalue weighted by atomic mass is 10.1. The molecule has 2 nitrogen and oxygen atoms in total. The lowest BCUT2D eigenvalue weighted by molar-refractivity contribution is -0.117. The Kier molecular flexibility index (Phi) is 3.53. The van der Waals surface area contributed by atoms with Crippen LogP contribution < -0.4 is 5.32 Å². The molecule has 0 spiro atoms. The molecule has 0 aliphatic carbocycles. The van der Waals surface area contributed by atoms with Gasteiger partial charge >= 0.3 is 0 Å². The molecule has 14 heavy (non-hydrogen) atoms. The second-order valence-electron chi connectivity index (χ2n) is 5.49. The summed E-state index contributed by atoms with van der Waals surface area (Å²) in [4.78, 5) is 11.4. The first-order chi connectivity index (χ1) is 6.37. The number of hydrogen-bond donors (Lipinski definition) is 1. The zero-order valence-electron chi connectivity index (χ0n) is 9.68. The van der Waals surface area contributed by atoms with Gasteiger partial charge in [0.05, 0.1) is 0 Å². The van der Waals surface area contributed by atoms with Crippen LogP contribution >= 0.6 is 0 Å². The highest BCUT2D eigenvalue weighted by atomic mass is 28.3. The van der Waals surface area contributed by atoms with Crippen molar-refractivity contribution in [2.75, 3.05) is 0 Å². The lowest BCUT2D eigenvalue weighted by Gasteiger charge is -2.17. The maximum absolute atomic E-state index is 11.4. The number of rotatable bonds is 2. The molecular weight excluding hydrogens is 190 g/mol.